The van der Waals surface area contributed by atoms with Gasteiger partial charge in [-0.1, -0.05) is 18.2 Å². The summed E-state index contributed by atoms with van der Waals surface area (Å²) in [5.74, 6) is 1.54. The van der Waals surface area contributed by atoms with Gasteiger partial charge in [0.1, 0.15) is 17.9 Å². The van der Waals surface area contributed by atoms with Gasteiger partial charge in [0.2, 0.25) is 0 Å². The van der Waals surface area contributed by atoms with Crippen LogP contribution in [-0.2, 0) is 0 Å². The van der Waals surface area contributed by atoms with Crippen LogP contribution in [0.2, 0.25) is 0 Å². The molecule has 0 radical (unpaired) electrons. The third-order valence-corrected chi connectivity index (χ3v) is 6.37. The second kappa shape index (κ2) is 10.6. The molecule has 0 aliphatic carbocycles. The molecule has 10 heteroatoms. The van der Waals surface area contributed by atoms with Gasteiger partial charge >= 0.3 is 0 Å². The van der Waals surface area contributed by atoms with E-state index in [-0.39, 0.29) is 5.91 Å². The summed E-state index contributed by atoms with van der Waals surface area (Å²) in [7, 11) is 3.52. The lowest BCUT2D eigenvalue weighted by molar-refractivity contribution is 0.0954. The van der Waals surface area contributed by atoms with Crippen LogP contribution in [0.25, 0.3) is 16.7 Å². The van der Waals surface area contributed by atoms with Crippen molar-refractivity contribution in [3.63, 3.8) is 0 Å². The van der Waals surface area contributed by atoms with E-state index >= 15 is 0 Å². The van der Waals surface area contributed by atoms with E-state index in [1.165, 1.54) is 0 Å². The van der Waals surface area contributed by atoms with E-state index in [4.69, 9.17) is 4.74 Å². The van der Waals surface area contributed by atoms with Gasteiger partial charge in [0.25, 0.3) is 5.91 Å². The summed E-state index contributed by atoms with van der Waals surface area (Å²) in [5.41, 5.74) is 3.29. The third-order valence-electron chi connectivity index (χ3n) is 6.37. The molecule has 186 valence electrons. The summed E-state index contributed by atoms with van der Waals surface area (Å²) in [6.45, 7) is 4.36. The molecule has 2 aromatic heterocycles. The summed E-state index contributed by atoms with van der Waals surface area (Å²) in [6.07, 6.45) is 3.44. The predicted octanol–water partition coefficient (Wildman–Crippen LogP) is 2.10. The fourth-order valence-electron chi connectivity index (χ4n) is 4.48. The molecular weight excluding hydrogens is 456 g/mol. The first-order chi connectivity index (χ1) is 17.7. The molecule has 4 aromatic rings. The second-order valence-electron chi connectivity index (χ2n) is 8.55. The first-order valence-electron chi connectivity index (χ1n) is 12.0. The van der Waals surface area contributed by atoms with E-state index in [1.807, 2.05) is 60.4 Å². The lowest BCUT2D eigenvalue weighted by Gasteiger charge is -2.37. The van der Waals surface area contributed by atoms with Gasteiger partial charge in [-0.15, -0.1) is 0 Å². The van der Waals surface area contributed by atoms with Crippen molar-refractivity contribution in [2.45, 2.75) is 0 Å². The van der Waals surface area contributed by atoms with Crippen molar-refractivity contribution in [3.05, 3.63) is 66.6 Å². The molecule has 1 amide bonds. The first-order valence-corrected chi connectivity index (χ1v) is 12.0. The molecule has 0 unspecified atom stereocenters. The number of nitrogens with one attached hydrogen (secondary N) is 2. The Labute approximate surface area is 209 Å². The molecule has 0 atom stereocenters. The molecule has 1 saturated heterocycles. The summed E-state index contributed by atoms with van der Waals surface area (Å²) in [6, 6.07) is 15.5. The monoisotopic (exact) mass is 486 g/mol. The highest BCUT2D eigenvalue weighted by Gasteiger charge is 2.24. The highest BCUT2D eigenvalue weighted by Crippen LogP contribution is 2.32. The van der Waals surface area contributed by atoms with E-state index in [1.54, 1.807) is 19.5 Å². The van der Waals surface area contributed by atoms with E-state index in [0.717, 1.165) is 66.7 Å². The van der Waals surface area contributed by atoms with Crippen molar-refractivity contribution in [2.75, 3.05) is 63.2 Å². The predicted molar refractivity (Wildman–Crippen MR) is 140 cm³/mol. The normalized spacial score (nSPS) is 13.7. The lowest BCUT2D eigenvalue weighted by atomic mass is 10.1. The minimum absolute atomic E-state index is 0.0911. The van der Waals surface area contributed by atoms with Crippen molar-refractivity contribution in [3.8, 4) is 11.4 Å². The van der Waals surface area contributed by atoms with Gasteiger partial charge in [-0.05, 0) is 37.4 Å². The van der Waals surface area contributed by atoms with E-state index < -0.39 is 0 Å². The number of amides is 1. The van der Waals surface area contributed by atoms with Crippen LogP contribution in [0.4, 0.5) is 11.5 Å². The van der Waals surface area contributed by atoms with Gasteiger partial charge < -0.3 is 25.2 Å². The molecule has 3 heterocycles. The number of anilines is 2. The maximum absolute atomic E-state index is 12.6. The van der Waals surface area contributed by atoms with Crippen LogP contribution in [0.1, 0.15) is 10.4 Å². The van der Waals surface area contributed by atoms with Gasteiger partial charge in [0, 0.05) is 44.8 Å². The van der Waals surface area contributed by atoms with Crippen molar-refractivity contribution in [2.24, 2.45) is 0 Å². The SMILES string of the molecule is CNCCNC(=O)c1ccc(OC)c(N2CCN(c3ncnc4c3cnn4-c3ccccc3)CC2)c1. The number of para-hydroxylation sites is 1. The Hall–Kier alpha value is -4.18. The Morgan fingerprint density at radius 2 is 1.78 bits per heavy atom. The molecule has 1 aliphatic rings. The lowest BCUT2D eigenvalue weighted by Crippen LogP contribution is -2.47. The number of aromatic nitrogens is 4. The van der Waals surface area contributed by atoms with Crippen LogP contribution >= 0.6 is 0 Å². The van der Waals surface area contributed by atoms with Gasteiger partial charge in [-0.2, -0.15) is 5.10 Å². The Morgan fingerprint density at radius 3 is 2.53 bits per heavy atom. The van der Waals surface area contributed by atoms with Crippen molar-refractivity contribution in [1.82, 2.24) is 30.4 Å². The number of carbonyl (C=O) groups is 1. The number of ether oxygens (including phenoxy) is 1. The number of piperazine rings is 1. The minimum Gasteiger partial charge on any atom is -0.495 e. The molecule has 2 N–H and O–H groups in total. The quantitative estimate of drug-likeness (QED) is 0.365. The summed E-state index contributed by atoms with van der Waals surface area (Å²) in [5, 5.41) is 11.5. The molecule has 10 nitrogen and oxygen atoms in total. The molecule has 36 heavy (non-hydrogen) atoms. The maximum atomic E-state index is 12.6. The molecule has 0 saturated carbocycles. The van der Waals surface area contributed by atoms with E-state index in [9.17, 15) is 4.79 Å². The zero-order valence-corrected chi connectivity index (χ0v) is 20.5. The molecule has 1 fully saturated rings. The van der Waals surface area contributed by atoms with Gasteiger partial charge in [0.05, 0.1) is 30.1 Å². The highest BCUT2D eigenvalue weighted by molar-refractivity contribution is 5.95. The van der Waals surface area contributed by atoms with Crippen LogP contribution in [0.5, 0.6) is 5.75 Å². The van der Waals surface area contributed by atoms with Crippen LogP contribution < -0.4 is 25.2 Å². The summed E-state index contributed by atoms with van der Waals surface area (Å²) < 4.78 is 7.46. The van der Waals surface area contributed by atoms with Crippen molar-refractivity contribution < 1.29 is 9.53 Å². The maximum Gasteiger partial charge on any atom is 0.251 e. The Bertz CT molecular complexity index is 1330. The van der Waals surface area contributed by atoms with E-state index in [2.05, 4.69) is 35.5 Å². The Balaban J connectivity index is 1.34. The molecule has 0 spiro atoms. The zero-order valence-electron chi connectivity index (χ0n) is 20.5. The first kappa shape index (κ1) is 23.6. The largest absolute Gasteiger partial charge is 0.495 e. The molecule has 0 bridgehead atoms. The average molecular weight is 487 g/mol. The number of carbonyl (C=O) groups excluding carboxylic acids is 1. The van der Waals surface area contributed by atoms with Crippen molar-refractivity contribution in [1.29, 1.82) is 0 Å². The fourth-order valence-corrected chi connectivity index (χ4v) is 4.48. The van der Waals surface area contributed by atoms with Gasteiger partial charge in [-0.3, -0.25) is 4.79 Å². The number of benzene rings is 2. The van der Waals surface area contributed by atoms with Crippen molar-refractivity contribution >= 4 is 28.4 Å². The highest BCUT2D eigenvalue weighted by atomic mass is 16.5. The standard InChI is InChI=1S/C26H30N8O2/c1-27-10-11-28-26(35)19-8-9-23(36-2)22(16-19)32-12-14-33(15-13-32)24-21-17-31-34(25(21)30-18-29-24)20-6-4-3-5-7-20/h3-9,16-18,27H,10-15H2,1-2H3,(H,28,35). The van der Waals surface area contributed by atoms with Crippen LogP contribution in [0.15, 0.2) is 61.1 Å². The van der Waals surface area contributed by atoms with Gasteiger partial charge in [0.15, 0.2) is 5.65 Å². The van der Waals surface area contributed by atoms with Gasteiger partial charge in [-0.25, -0.2) is 14.6 Å². The number of hydrogen-bond acceptors (Lipinski definition) is 8. The smallest absolute Gasteiger partial charge is 0.251 e. The Morgan fingerprint density at radius 1 is 1.00 bits per heavy atom. The number of rotatable bonds is 8. The topological polar surface area (TPSA) is 100 Å². The summed E-state index contributed by atoms with van der Waals surface area (Å²) in [4.78, 5) is 26.2. The second-order valence-corrected chi connectivity index (χ2v) is 8.55. The minimum atomic E-state index is -0.0911. The van der Waals surface area contributed by atoms with E-state index in [0.29, 0.717) is 12.1 Å². The number of fused-ring (bicyclic) bond motifs is 1. The number of methoxy groups -OCH3 is 1. The number of likely N-dealkylation sites (N-methyl/N-ethyl adjacent to an activating group) is 1. The molecule has 2 aromatic carbocycles. The van der Waals surface area contributed by atoms with Crippen LogP contribution in [0, 0.1) is 0 Å². The third kappa shape index (κ3) is 4.67. The Kier molecular flexibility index (Phi) is 6.94. The van der Waals surface area contributed by atoms with Crippen LogP contribution in [-0.4, -0.2) is 79.1 Å². The number of nitrogens with zero attached hydrogens (tertiary/aromatic N) is 6. The summed E-state index contributed by atoms with van der Waals surface area (Å²) >= 11 is 0. The molecule has 5 rings (SSSR count). The fraction of sp³-hybridized carbons (Fsp3) is 0.308. The molecular formula is C26H30N8O2. The molecule has 1 aliphatic heterocycles. The zero-order chi connectivity index (χ0) is 24.9. The number of hydrogen-bond donors (Lipinski definition) is 2. The van der Waals surface area contributed by atoms with Crippen LogP contribution in [0.3, 0.4) is 0 Å². The average Bonchev–Trinajstić information content (AvgIpc) is 3.38.